The summed E-state index contributed by atoms with van der Waals surface area (Å²) in [5, 5.41) is 9.18. The van der Waals surface area contributed by atoms with E-state index in [1.165, 1.54) is 4.90 Å². The van der Waals surface area contributed by atoms with Crippen LogP contribution in [0.2, 0.25) is 0 Å². The van der Waals surface area contributed by atoms with Gasteiger partial charge in [-0.2, -0.15) is 0 Å². The van der Waals surface area contributed by atoms with Gasteiger partial charge in [0.05, 0.1) is 19.3 Å². The van der Waals surface area contributed by atoms with Crippen LogP contribution in [0, 0.1) is 0 Å². The third-order valence-corrected chi connectivity index (χ3v) is 2.93. The van der Waals surface area contributed by atoms with Crippen molar-refractivity contribution in [2.24, 2.45) is 5.73 Å². The molecule has 98 valence electrons. The monoisotopic (exact) mass is 244 g/mol. The van der Waals surface area contributed by atoms with Crippen molar-refractivity contribution >= 4 is 11.9 Å². The van der Waals surface area contributed by atoms with Crippen molar-refractivity contribution in [2.75, 3.05) is 19.8 Å². The molecule has 6 nitrogen and oxygen atoms in total. The predicted octanol–water partition coefficient (Wildman–Crippen LogP) is -0.750. The van der Waals surface area contributed by atoms with E-state index in [1.54, 1.807) is 6.92 Å². The minimum Gasteiger partial charge on any atom is -0.464 e. The van der Waals surface area contributed by atoms with Crippen molar-refractivity contribution in [1.29, 1.82) is 0 Å². The molecule has 2 atom stereocenters. The first-order chi connectivity index (χ1) is 8.11. The highest BCUT2D eigenvalue weighted by atomic mass is 16.5. The van der Waals surface area contributed by atoms with Gasteiger partial charge in [-0.1, -0.05) is 0 Å². The number of aliphatic hydroxyl groups is 1. The van der Waals surface area contributed by atoms with E-state index >= 15 is 0 Å². The number of ether oxygens (including phenoxy) is 1. The number of aliphatic hydroxyl groups excluding tert-OH is 1. The molecule has 0 radical (unpaired) electrons. The molecular weight excluding hydrogens is 224 g/mol. The largest absolute Gasteiger partial charge is 0.464 e. The van der Waals surface area contributed by atoms with E-state index in [0.29, 0.717) is 6.54 Å². The summed E-state index contributed by atoms with van der Waals surface area (Å²) < 4.78 is 4.71. The van der Waals surface area contributed by atoms with Gasteiger partial charge >= 0.3 is 5.97 Å². The molecule has 0 aromatic rings. The second-order valence-corrected chi connectivity index (χ2v) is 4.09. The number of hydrogen-bond donors (Lipinski definition) is 2. The van der Waals surface area contributed by atoms with Crippen LogP contribution in [0.1, 0.15) is 26.2 Å². The number of carbonyl (C=O) groups excluding carboxylic acids is 2. The Labute approximate surface area is 101 Å². The number of nitrogens with two attached hydrogens (primary N) is 1. The molecule has 1 fully saturated rings. The second kappa shape index (κ2) is 6.56. The van der Waals surface area contributed by atoms with Crippen molar-refractivity contribution in [3.8, 4) is 0 Å². The Morgan fingerprint density at radius 3 is 2.82 bits per heavy atom. The standard InChI is InChI=1S/C11H20N2O4/c1-2-17-11(16)9(12)10(15)13-6-4-3-5-8(13)7-14/h8-9,14H,2-7,12H2,1H3. The van der Waals surface area contributed by atoms with Crippen LogP contribution in [0.25, 0.3) is 0 Å². The van der Waals surface area contributed by atoms with Gasteiger partial charge in [0.2, 0.25) is 0 Å². The van der Waals surface area contributed by atoms with Crippen LogP contribution in [-0.2, 0) is 14.3 Å². The van der Waals surface area contributed by atoms with Gasteiger partial charge in [0.15, 0.2) is 6.04 Å². The van der Waals surface area contributed by atoms with Gasteiger partial charge in [-0.05, 0) is 26.2 Å². The molecule has 0 saturated carbocycles. The summed E-state index contributed by atoms with van der Waals surface area (Å²) in [4.78, 5) is 24.8. The number of nitrogens with zero attached hydrogens (tertiary/aromatic N) is 1. The zero-order valence-electron chi connectivity index (χ0n) is 10.1. The van der Waals surface area contributed by atoms with E-state index in [-0.39, 0.29) is 19.3 Å². The predicted molar refractivity (Wildman–Crippen MR) is 61.0 cm³/mol. The molecular formula is C11H20N2O4. The Hall–Kier alpha value is -1.14. The van der Waals surface area contributed by atoms with Gasteiger partial charge in [0.1, 0.15) is 0 Å². The molecule has 1 amide bonds. The third kappa shape index (κ3) is 3.41. The Morgan fingerprint density at radius 1 is 1.53 bits per heavy atom. The summed E-state index contributed by atoms with van der Waals surface area (Å²) in [6, 6.07) is -1.50. The van der Waals surface area contributed by atoms with Crippen LogP contribution in [-0.4, -0.2) is 53.7 Å². The number of hydrogen-bond acceptors (Lipinski definition) is 5. The van der Waals surface area contributed by atoms with Crippen LogP contribution >= 0.6 is 0 Å². The number of likely N-dealkylation sites (tertiary alicyclic amines) is 1. The maximum atomic E-state index is 12.0. The molecule has 17 heavy (non-hydrogen) atoms. The van der Waals surface area contributed by atoms with Crippen molar-refractivity contribution in [3.05, 3.63) is 0 Å². The smallest absolute Gasteiger partial charge is 0.332 e. The number of carbonyl (C=O) groups is 2. The van der Waals surface area contributed by atoms with Crippen LogP contribution in [0.15, 0.2) is 0 Å². The molecule has 0 spiro atoms. The van der Waals surface area contributed by atoms with Crippen molar-refractivity contribution < 1.29 is 19.4 Å². The van der Waals surface area contributed by atoms with Gasteiger partial charge in [-0.3, -0.25) is 4.79 Å². The zero-order chi connectivity index (χ0) is 12.8. The van der Waals surface area contributed by atoms with E-state index in [4.69, 9.17) is 10.5 Å². The Balaban J connectivity index is 2.63. The highest BCUT2D eigenvalue weighted by molar-refractivity contribution is 6.01. The van der Waals surface area contributed by atoms with Crippen LogP contribution in [0.5, 0.6) is 0 Å². The number of rotatable bonds is 4. The molecule has 0 aliphatic carbocycles. The number of piperidine rings is 1. The molecule has 1 aliphatic heterocycles. The highest BCUT2D eigenvalue weighted by Crippen LogP contribution is 2.17. The first kappa shape index (κ1) is 13.9. The quantitative estimate of drug-likeness (QED) is 0.501. The Bertz CT molecular complexity index is 283. The highest BCUT2D eigenvalue weighted by Gasteiger charge is 2.33. The third-order valence-electron chi connectivity index (χ3n) is 2.93. The maximum absolute atomic E-state index is 12.0. The molecule has 1 aliphatic rings. The van der Waals surface area contributed by atoms with Crippen molar-refractivity contribution in [1.82, 2.24) is 4.90 Å². The summed E-state index contributed by atoms with van der Waals surface area (Å²) in [5.74, 6) is -1.16. The first-order valence-electron chi connectivity index (χ1n) is 5.95. The lowest BCUT2D eigenvalue weighted by atomic mass is 10.0. The lowest BCUT2D eigenvalue weighted by Crippen LogP contribution is -2.54. The van der Waals surface area contributed by atoms with Gasteiger partial charge in [0, 0.05) is 6.54 Å². The van der Waals surface area contributed by atoms with E-state index in [2.05, 4.69) is 0 Å². The molecule has 3 N–H and O–H groups in total. The Kier molecular flexibility index (Phi) is 5.37. The minimum absolute atomic E-state index is 0.0959. The molecule has 6 heteroatoms. The maximum Gasteiger partial charge on any atom is 0.332 e. The second-order valence-electron chi connectivity index (χ2n) is 4.09. The molecule has 1 heterocycles. The molecule has 0 aromatic heterocycles. The normalized spacial score (nSPS) is 22.1. The van der Waals surface area contributed by atoms with E-state index in [9.17, 15) is 14.7 Å². The van der Waals surface area contributed by atoms with E-state index in [0.717, 1.165) is 19.3 Å². The van der Waals surface area contributed by atoms with E-state index in [1.807, 2.05) is 0 Å². The van der Waals surface area contributed by atoms with Crippen molar-refractivity contribution in [2.45, 2.75) is 38.3 Å². The topological polar surface area (TPSA) is 92.9 Å². The van der Waals surface area contributed by atoms with Crippen LogP contribution in [0.4, 0.5) is 0 Å². The van der Waals surface area contributed by atoms with E-state index < -0.39 is 17.9 Å². The number of esters is 1. The van der Waals surface area contributed by atoms with Gasteiger partial charge in [0.25, 0.3) is 5.91 Å². The average molecular weight is 244 g/mol. The fraction of sp³-hybridized carbons (Fsp3) is 0.818. The fourth-order valence-corrected chi connectivity index (χ4v) is 1.99. The number of amides is 1. The average Bonchev–Trinajstić information content (AvgIpc) is 2.37. The van der Waals surface area contributed by atoms with Gasteiger partial charge in [-0.25, -0.2) is 4.79 Å². The Morgan fingerprint density at radius 2 is 2.24 bits per heavy atom. The lowest BCUT2D eigenvalue weighted by Gasteiger charge is -2.35. The summed E-state index contributed by atoms with van der Waals surface area (Å²) in [7, 11) is 0. The molecule has 2 unspecified atom stereocenters. The fourth-order valence-electron chi connectivity index (χ4n) is 1.99. The molecule has 0 aromatic carbocycles. The first-order valence-corrected chi connectivity index (χ1v) is 5.95. The summed E-state index contributed by atoms with van der Waals surface area (Å²) in [5.41, 5.74) is 5.55. The molecule has 1 rings (SSSR count). The summed E-state index contributed by atoms with van der Waals surface area (Å²) in [6.45, 7) is 2.30. The summed E-state index contributed by atoms with van der Waals surface area (Å²) in [6.07, 6.45) is 2.60. The van der Waals surface area contributed by atoms with Gasteiger partial charge < -0.3 is 20.5 Å². The zero-order valence-corrected chi connectivity index (χ0v) is 10.1. The molecule has 0 bridgehead atoms. The van der Waals surface area contributed by atoms with Gasteiger partial charge in [-0.15, -0.1) is 0 Å². The minimum atomic E-state index is -1.28. The van der Waals surface area contributed by atoms with Crippen LogP contribution < -0.4 is 5.73 Å². The van der Waals surface area contributed by atoms with Crippen LogP contribution in [0.3, 0.4) is 0 Å². The van der Waals surface area contributed by atoms with Crippen molar-refractivity contribution in [3.63, 3.8) is 0 Å². The molecule has 1 saturated heterocycles. The SMILES string of the molecule is CCOC(=O)C(N)C(=O)N1CCCCC1CO. The lowest BCUT2D eigenvalue weighted by molar-refractivity contribution is -0.152. The summed E-state index contributed by atoms with van der Waals surface area (Å²) >= 11 is 0.